The summed E-state index contributed by atoms with van der Waals surface area (Å²) in [4.78, 5) is 56.2. The molecule has 9 heteroatoms. The van der Waals surface area contributed by atoms with Gasteiger partial charge >= 0.3 is 11.9 Å². The number of hydrogen-bond donors (Lipinski definition) is 2. The van der Waals surface area contributed by atoms with Crippen LogP contribution in [0.1, 0.15) is 134 Å². The number of nitrogens with zero attached hydrogens (tertiary/aromatic N) is 2. The van der Waals surface area contributed by atoms with Crippen LogP contribution in [0.3, 0.4) is 0 Å². The van der Waals surface area contributed by atoms with Crippen molar-refractivity contribution < 1.29 is 34.1 Å². The van der Waals surface area contributed by atoms with Crippen LogP contribution in [0.5, 0.6) is 0 Å². The Hall–Kier alpha value is -2.26. The number of Topliss-reactive ketones (excluding diaryl/α,β-unsaturated/α-hetero) is 1. The van der Waals surface area contributed by atoms with E-state index in [2.05, 4.69) is 48.5 Å². The van der Waals surface area contributed by atoms with Crippen molar-refractivity contribution in [2.24, 2.45) is 62.6 Å². The topological polar surface area (TPSA) is 124 Å². The van der Waals surface area contributed by atoms with E-state index in [1.165, 1.54) is 5.57 Å². The molecule has 53 heavy (non-hydrogen) atoms. The minimum absolute atomic E-state index is 0.00247. The zero-order valence-corrected chi connectivity index (χ0v) is 35.3. The van der Waals surface area contributed by atoms with Gasteiger partial charge in [0.2, 0.25) is 5.91 Å². The number of fused-ring (bicyclic) bond motifs is 7. The third-order valence-electron chi connectivity index (χ3n) is 16.1. The van der Waals surface area contributed by atoms with Gasteiger partial charge in [-0.05, 0) is 145 Å². The zero-order chi connectivity index (χ0) is 39.8. The van der Waals surface area contributed by atoms with Crippen molar-refractivity contribution in [2.75, 3.05) is 27.2 Å². The Morgan fingerprint density at radius 3 is 2.08 bits per heavy atom. The molecule has 4 fully saturated rings. The summed E-state index contributed by atoms with van der Waals surface area (Å²) < 4.78 is 6.16. The van der Waals surface area contributed by atoms with Gasteiger partial charge in [-0.2, -0.15) is 0 Å². The molecule has 0 aromatic rings. The van der Waals surface area contributed by atoms with E-state index in [1.807, 2.05) is 32.8 Å². The van der Waals surface area contributed by atoms with Gasteiger partial charge in [0.05, 0.1) is 30.4 Å². The van der Waals surface area contributed by atoms with Gasteiger partial charge in [0, 0.05) is 18.0 Å². The maximum atomic E-state index is 14.5. The molecule has 5 aliphatic rings. The average Bonchev–Trinajstić information content (AvgIpc) is 3.32. The van der Waals surface area contributed by atoms with Crippen LogP contribution >= 0.6 is 0 Å². The average molecular weight is 741 g/mol. The maximum absolute atomic E-state index is 14.5. The first kappa shape index (κ1) is 41.9. The van der Waals surface area contributed by atoms with Gasteiger partial charge in [0.15, 0.2) is 5.78 Å². The Labute approximate surface area is 320 Å². The van der Waals surface area contributed by atoms with E-state index in [9.17, 15) is 29.4 Å². The second kappa shape index (κ2) is 14.4. The van der Waals surface area contributed by atoms with Crippen LogP contribution in [0.25, 0.3) is 0 Å². The van der Waals surface area contributed by atoms with E-state index >= 15 is 0 Å². The molecule has 0 bridgehead atoms. The lowest BCUT2D eigenvalue weighted by Crippen LogP contribution is -2.65. The van der Waals surface area contributed by atoms with Crippen molar-refractivity contribution in [3.63, 3.8) is 0 Å². The molecule has 5 rings (SSSR count). The van der Waals surface area contributed by atoms with Gasteiger partial charge in [-0.3, -0.25) is 19.2 Å². The smallest absolute Gasteiger partial charge is 0.309 e. The highest BCUT2D eigenvalue weighted by Crippen LogP contribution is 2.75. The number of amides is 1. The third kappa shape index (κ3) is 6.84. The highest BCUT2D eigenvalue weighted by molar-refractivity contribution is 6.02. The number of esters is 1. The normalized spacial score (nSPS) is 37.2. The van der Waals surface area contributed by atoms with Crippen LogP contribution in [0, 0.1) is 62.6 Å². The summed E-state index contributed by atoms with van der Waals surface area (Å²) in [6, 6.07) is -0.0804. The quantitative estimate of drug-likeness (QED) is 0.210. The number of carbonyl (C=O) groups is 4. The number of likely N-dealkylation sites (N-methyl/N-ethyl adjacent to an activating group) is 1. The second-order valence-corrected chi connectivity index (χ2v) is 20.8. The summed E-state index contributed by atoms with van der Waals surface area (Å²) in [5, 5.41) is 21.5. The van der Waals surface area contributed by atoms with Crippen LogP contribution in [0.4, 0.5) is 0 Å². The fourth-order valence-electron chi connectivity index (χ4n) is 13.2. The Balaban J connectivity index is 1.41. The fourth-order valence-corrected chi connectivity index (χ4v) is 13.2. The number of aliphatic carboxylic acids is 1. The zero-order valence-electron chi connectivity index (χ0n) is 35.3. The molecule has 10 atom stereocenters. The van der Waals surface area contributed by atoms with E-state index < -0.39 is 29.4 Å². The molecule has 0 radical (unpaired) electrons. The molecule has 5 aliphatic carbocycles. The predicted octanol–water partition coefficient (Wildman–Crippen LogP) is 7.40. The van der Waals surface area contributed by atoms with Gasteiger partial charge in [-0.1, -0.05) is 54.0 Å². The van der Waals surface area contributed by atoms with E-state index in [4.69, 9.17) is 4.74 Å². The van der Waals surface area contributed by atoms with Crippen molar-refractivity contribution in [1.82, 2.24) is 9.80 Å². The molecule has 0 saturated heterocycles. The summed E-state index contributed by atoms with van der Waals surface area (Å²) in [5.74, 6) is -0.670. The number of aliphatic hydroxyl groups is 1. The number of carbonyl (C=O) groups excluding carboxylic acids is 3. The lowest BCUT2D eigenvalue weighted by molar-refractivity contribution is -0.232. The number of hydrogen-bond acceptors (Lipinski definition) is 7. The Kier molecular flexibility index (Phi) is 11.3. The molecule has 0 heterocycles. The lowest BCUT2D eigenvalue weighted by Gasteiger charge is -2.71. The van der Waals surface area contributed by atoms with E-state index in [-0.39, 0.29) is 82.8 Å². The van der Waals surface area contributed by atoms with Gasteiger partial charge in [0.25, 0.3) is 0 Å². The molecule has 2 N–H and O–H groups in total. The monoisotopic (exact) mass is 741 g/mol. The number of allylic oxidation sites excluding steroid dienone is 2. The van der Waals surface area contributed by atoms with Crippen LogP contribution in [-0.4, -0.2) is 89.1 Å². The van der Waals surface area contributed by atoms with Gasteiger partial charge in [-0.15, -0.1) is 0 Å². The Morgan fingerprint density at radius 2 is 1.51 bits per heavy atom. The first-order valence-electron chi connectivity index (χ1n) is 20.7. The van der Waals surface area contributed by atoms with E-state index in [1.54, 1.807) is 18.7 Å². The van der Waals surface area contributed by atoms with Crippen molar-refractivity contribution in [1.29, 1.82) is 0 Å². The number of carboxylic acids is 1. The van der Waals surface area contributed by atoms with Gasteiger partial charge in [0.1, 0.15) is 6.10 Å². The van der Waals surface area contributed by atoms with Crippen LogP contribution in [0.2, 0.25) is 0 Å². The standard InChI is InChI=1S/C44H72N2O7/c1-25(2)35-36-27(37(38(35)50)29(47)23-46(26(3)4)33(48)24-45(12)13)16-20-43(10)28(36)14-15-31-42(9)19-18-32(53-34(49)22-40(5,6)39(51)52)41(7,8)30(42)17-21-44(31,43)11/h25-32,37,47H,14-24H2,1-13H3,(H,51,52)/t27?,28-,29+,30+,31-,32+,37-,42+,43-,44-/m1/s1. The molecule has 1 unspecified atom stereocenters. The molecule has 0 spiro atoms. The molecule has 4 saturated carbocycles. The fraction of sp³-hybridized carbons (Fsp3) is 0.864. The number of carboxylic acid groups (broad SMARTS) is 1. The molecule has 9 nitrogen and oxygen atoms in total. The van der Waals surface area contributed by atoms with Crippen molar-refractivity contribution in [2.45, 2.75) is 152 Å². The predicted molar refractivity (Wildman–Crippen MR) is 207 cm³/mol. The first-order chi connectivity index (χ1) is 24.3. The number of ether oxygens (including phenoxy) is 1. The molecular formula is C44H72N2O7. The Bertz CT molecular complexity index is 1500. The second-order valence-electron chi connectivity index (χ2n) is 20.8. The summed E-state index contributed by atoms with van der Waals surface area (Å²) in [7, 11) is 3.74. The Morgan fingerprint density at radius 1 is 0.887 bits per heavy atom. The third-order valence-corrected chi connectivity index (χ3v) is 16.1. The summed E-state index contributed by atoms with van der Waals surface area (Å²) in [5.41, 5.74) is 0.961. The first-order valence-corrected chi connectivity index (χ1v) is 20.7. The van der Waals surface area contributed by atoms with Gasteiger partial charge < -0.3 is 24.7 Å². The highest BCUT2D eigenvalue weighted by atomic mass is 16.5. The van der Waals surface area contributed by atoms with Crippen molar-refractivity contribution in [3.8, 4) is 0 Å². The number of rotatable bonds is 11. The largest absolute Gasteiger partial charge is 0.481 e. The summed E-state index contributed by atoms with van der Waals surface area (Å²) in [6.07, 6.45) is 6.55. The maximum Gasteiger partial charge on any atom is 0.309 e. The molecule has 0 aliphatic heterocycles. The van der Waals surface area contributed by atoms with Gasteiger partial charge in [-0.25, -0.2) is 0 Å². The summed E-state index contributed by atoms with van der Waals surface area (Å²) >= 11 is 0. The molecule has 0 aromatic heterocycles. The van der Waals surface area contributed by atoms with E-state index in [0.717, 1.165) is 56.9 Å². The number of ketones is 1. The minimum atomic E-state index is -1.17. The molecular weight excluding hydrogens is 668 g/mol. The van der Waals surface area contributed by atoms with Crippen molar-refractivity contribution >= 4 is 23.6 Å². The summed E-state index contributed by atoms with van der Waals surface area (Å²) in [6.45, 7) is 23.9. The van der Waals surface area contributed by atoms with Crippen LogP contribution in [0.15, 0.2) is 11.1 Å². The lowest BCUT2D eigenvalue weighted by atomic mass is 9.33. The molecule has 0 aromatic carbocycles. The SMILES string of the molecule is CC(C)C1=C2C(CC[C@]3(C)[C@@H]2CC[C@@H]2[C@@]4(C)CC[C@H](OC(=O)CC(C)(C)C(=O)O)C(C)(C)[C@@H]4CC[C@]23C)[C@H]([C@@H](O)CN(C(=O)CN(C)C)C(C)C)C1=O. The van der Waals surface area contributed by atoms with E-state index in [0.29, 0.717) is 11.8 Å². The minimum Gasteiger partial charge on any atom is -0.481 e. The number of aliphatic hydroxyl groups excluding tert-OH is 1. The molecule has 300 valence electrons. The van der Waals surface area contributed by atoms with Crippen LogP contribution < -0.4 is 0 Å². The van der Waals surface area contributed by atoms with Crippen LogP contribution in [-0.2, 0) is 23.9 Å². The molecule has 1 amide bonds. The van der Waals surface area contributed by atoms with Crippen molar-refractivity contribution in [3.05, 3.63) is 11.1 Å². The highest BCUT2D eigenvalue weighted by Gasteiger charge is 2.69.